The molecule has 2 aromatic rings. The maximum Gasteiger partial charge on any atom is 0.143 e. The second-order valence-electron chi connectivity index (χ2n) is 3.64. The zero-order chi connectivity index (χ0) is 12.3. The second-order valence-corrected chi connectivity index (χ2v) is 4.85. The SMILES string of the molecule is CCn1cccc1CNc1cnc(Cl)c(Br)c1. The van der Waals surface area contributed by atoms with E-state index in [1.54, 1.807) is 6.20 Å². The highest BCUT2D eigenvalue weighted by atomic mass is 79.9. The van der Waals surface area contributed by atoms with Crippen LogP contribution in [0.1, 0.15) is 12.6 Å². The molecule has 0 radical (unpaired) electrons. The van der Waals surface area contributed by atoms with E-state index in [0.29, 0.717) is 5.15 Å². The third-order valence-corrected chi connectivity index (χ3v) is 3.67. The van der Waals surface area contributed by atoms with Crippen molar-refractivity contribution in [3.63, 3.8) is 0 Å². The number of nitrogens with zero attached hydrogens (tertiary/aromatic N) is 2. The molecule has 1 N–H and O–H groups in total. The predicted molar refractivity (Wildman–Crippen MR) is 74.4 cm³/mol. The van der Waals surface area contributed by atoms with Gasteiger partial charge in [-0.3, -0.25) is 0 Å². The first-order valence-corrected chi connectivity index (χ1v) is 6.56. The Morgan fingerprint density at radius 1 is 1.53 bits per heavy atom. The van der Waals surface area contributed by atoms with Gasteiger partial charge >= 0.3 is 0 Å². The van der Waals surface area contributed by atoms with Crippen molar-refractivity contribution in [2.24, 2.45) is 0 Å². The number of halogens is 2. The summed E-state index contributed by atoms with van der Waals surface area (Å²) in [6.07, 6.45) is 3.80. The summed E-state index contributed by atoms with van der Waals surface area (Å²) in [6, 6.07) is 6.08. The van der Waals surface area contributed by atoms with Crippen molar-refractivity contribution in [1.82, 2.24) is 9.55 Å². The van der Waals surface area contributed by atoms with E-state index >= 15 is 0 Å². The summed E-state index contributed by atoms with van der Waals surface area (Å²) in [4.78, 5) is 4.07. The first kappa shape index (κ1) is 12.5. The fourth-order valence-corrected chi connectivity index (χ4v) is 2.08. The summed E-state index contributed by atoms with van der Waals surface area (Å²) in [6.45, 7) is 3.88. The number of pyridine rings is 1. The Morgan fingerprint density at radius 2 is 2.35 bits per heavy atom. The van der Waals surface area contributed by atoms with Crippen LogP contribution in [-0.4, -0.2) is 9.55 Å². The number of nitrogens with one attached hydrogen (secondary N) is 1. The summed E-state index contributed by atoms with van der Waals surface area (Å²) < 4.78 is 3.00. The van der Waals surface area contributed by atoms with Crippen LogP contribution < -0.4 is 5.32 Å². The van der Waals surface area contributed by atoms with Gasteiger partial charge in [-0.25, -0.2) is 4.98 Å². The maximum absolute atomic E-state index is 5.84. The minimum absolute atomic E-state index is 0.479. The van der Waals surface area contributed by atoms with Gasteiger partial charge in [0.05, 0.1) is 22.9 Å². The lowest BCUT2D eigenvalue weighted by atomic mass is 10.3. The van der Waals surface area contributed by atoms with Crippen LogP contribution in [0.25, 0.3) is 0 Å². The summed E-state index contributed by atoms with van der Waals surface area (Å²) in [7, 11) is 0. The lowest BCUT2D eigenvalue weighted by molar-refractivity contribution is 0.724. The van der Waals surface area contributed by atoms with Crippen molar-refractivity contribution >= 4 is 33.2 Å². The molecule has 0 bridgehead atoms. The average Bonchev–Trinajstić information content (AvgIpc) is 2.78. The minimum Gasteiger partial charge on any atom is -0.378 e. The van der Waals surface area contributed by atoms with Gasteiger partial charge in [0.1, 0.15) is 5.15 Å². The molecule has 0 aromatic carbocycles. The monoisotopic (exact) mass is 313 g/mol. The minimum atomic E-state index is 0.479. The number of hydrogen-bond acceptors (Lipinski definition) is 2. The molecule has 2 aromatic heterocycles. The van der Waals surface area contributed by atoms with Crippen LogP contribution in [0.2, 0.25) is 5.15 Å². The van der Waals surface area contributed by atoms with Gasteiger partial charge in [0.25, 0.3) is 0 Å². The molecule has 0 saturated heterocycles. The highest BCUT2D eigenvalue weighted by Crippen LogP contribution is 2.23. The number of hydrogen-bond donors (Lipinski definition) is 1. The topological polar surface area (TPSA) is 29.9 Å². The van der Waals surface area contributed by atoms with Gasteiger partial charge in [-0.15, -0.1) is 0 Å². The predicted octanol–water partition coefficient (Wildman–Crippen LogP) is 3.93. The molecule has 0 amide bonds. The van der Waals surface area contributed by atoms with Gasteiger partial charge in [0, 0.05) is 18.4 Å². The van der Waals surface area contributed by atoms with Crippen molar-refractivity contribution < 1.29 is 0 Å². The molecule has 0 unspecified atom stereocenters. The molecule has 90 valence electrons. The van der Waals surface area contributed by atoms with E-state index in [9.17, 15) is 0 Å². The second kappa shape index (κ2) is 5.56. The smallest absolute Gasteiger partial charge is 0.143 e. The van der Waals surface area contributed by atoms with E-state index < -0.39 is 0 Å². The molecule has 0 aliphatic rings. The normalized spacial score (nSPS) is 10.5. The van der Waals surface area contributed by atoms with Crippen molar-refractivity contribution in [2.45, 2.75) is 20.0 Å². The summed E-state index contributed by atoms with van der Waals surface area (Å²) in [5.74, 6) is 0. The third kappa shape index (κ3) is 3.01. The summed E-state index contributed by atoms with van der Waals surface area (Å²) >= 11 is 9.19. The van der Waals surface area contributed by atoms with Crippen LogP contribution in [0, 0.1) is 0 Å². The molecule has 0 atom stereocenters. The number of rotatable bonds is 4. The third-order valence-electron chi connectivity index (χ3n) is 2.53. The van der Waals surface area contributed by atoms with E-state index in [1.165, 1.54) is 5.69 Å². The molecule has 0 saturated carbocycles. The molecule has 0 fully saturated rings. The lowest BCUT2D eigenvalue weighted by Gasteiger charge is -2.09. The molecule has 3 nitrogen and oxygen atoms in total. The highest BCUT2D eigenvalue weighted by Gasteiger charge is 2.02. The van der Waals surface area contributed by atoms with Crippen LogP contribution in [0.15, 0.2) is 35.1 Å². The number of aryl methyl sites for hydroxylation is 1. The lowest BCUT2D eigenvalue weighted by Crippen LogP contribution is -2.06. The van der Waals surface area contributed by atoms with Gasteiger partial charge in [0.15, 0.2) is 0 Å². The first-order valence-electron chi connectivity index (χ1n) is 5.39. The first-order chi connectivity index (χ1) is 8.20. The van der Waals surface area contributed by atoms with E-state index in [1.807, 2.05) is 6.07 Å². The summed E-state index contributed by atoms with van der Waals surface area (Å²) in [5.41, 5.74) is 2.20. The van der Waals surface area contributed by atoms with E-state index in [0.717, 1.165) is 23.2 Å². The fourth-order valence-electron chi connectivity index (χ4n) is 1.63. The number of anilines is 1. The van der Waals surface area contributed by atoms with Crippen molar-refractivity contribution in [2.75, 3.05) is 5.32 Å². The molecular formula is C12H13BrClN3. The summed E-state index contributed by atoms with van der Waals surface area (Å²) in [5, 5.41) is 3.80. The van der Waals surface area contributed by atoms with Gasteiger partial charge in [-0.2, -0.15) is 0 Å². The van der Waals surface area contributed by atoms with Crippen molar-refractivity contribution in [1.29, 1.82) is 0 Å². The Balaban J connectivity index is 2.05. The quantitative estimate of drug-likeness (QED) is 0.867. The zero-order valence-corrected chi connectivity index (χ0v) is 11.8. The van der Waals surface area contributed by atoms with E-state index in [4.69, 9.17) is 11.6 Å². The molecule has 0 aliphatic carbocycles. The Bertz CT molecular complexity index is 510. The highest BCUT2D eigenvalue weighted by molar-refractivity contribution is 9.10. The molecule has 2 heterocycles. The standard InChI is InChI=1S/C12H13BrClN3/c1-2-17-5-3-4-10(17)8-15-9-6-11(13)12(14)16-7-9/h3-7,15H,2,8H2,1H3. The molecule has 0 spiro atoms. The number of aromatic nitrogens is 2. The van der Waals surface area contributed by atoms with E-state index in [-0.39, 0.29) is 0 Å². The van der Waals surface area contributed by atoms with Gasteiger partial charge in [-0.05, 0) is 41.1 Å². The van der Waals surface area contributed by atoms with E-state index in [2.05, 4.69) is 56.1 Å². The van der Waals surface area contributed by atoms with Crippen LogP contribution in [0.3, 0.4) is 0 Å². The van der Waals surface area contributed by atoms with Crippen LogP contribution in [0.4, 0.5) is 5.69 Å². The zero-order valence-electron chi connectivity index (χ0n) is 9.45. The van der Waals surface area contributed by atoms with Crippen molar-refractivity contribution in [3.05, 3.63) is 45.9 Å². The Morgan fingerprint density at radius 3 is 3.06 bits per heavy atom. The van der Waals surface area contributed by atoms with Gasteiger partial charge in [-0.1, -0.05) is 11.6 Å². The average molecular weight is 315 g/mol. The molecule has 17 heavy (non-hydrogen) atoms. The van der Waals surface area contributed by atoms with Gasteiger partial charge in [0.2, 0.25) is 0 Å². The maximum atomic E-state index is 5.84. The Kier molecular flexibility index (Phi) is 4.07. The van der Waals surface area contributed by atoms with Crippen LogP contribution >= 0.6 is 27.5 Å². The fraction of sp³-hybridized carbons (Fsp3) is 0.250. The van der Waals surface area contributed by atoms with Crippen LogP contribution in [-0.2, 0) is 13.1 Å². The molecule has 0 aliphatic heterocycles. The van der Waals surface area contributed by atoms with Gasteiger partial charge < -0.3 is 9.88 Å². The molecule has 5 heteroatoms. The van der Waals surface area contributed by atoms with Crippen molar-refractivity contribution in [3.8, 4) is 0 Å². The molecular weight excluding hydrogens is 302 g/mol. The Hall–Kier alpha value is -1.00. The van der Waals surface area contributed by atoms with Crippen LogP contribution in [0.5, 0.6) is 0 Å². The largest absolute Gasteiger partial charge is 0.378 e. The Labute approximate surface area is 114 Å². The molecule has 2 rings (SSSR count).